The highest BCUT2D eigenvalue weighted by Gasteiger charge is 2.15. The van der Waals surface area contributed by atoms with Crippen molar-refractivity contribution in [1.82, 2.24) is 10.1 Å². The van der Waals surface area contributed by atoms with Gasteiger partial charge in [0.1, 0.15) is 5.82 Å². The SMILES string of the molecule is CSc1ccc(Cl)c(C(=O)OCc2nc(-c3ccc(F)cc3)no2)c1. The largest absolute Gasteiger partial charge is 0.452 e. The first-order chi connectivity index (χ1) is 12.1. The van der Waals surface area contributed by atoms with Crippen molar-refractivity contribution < 1.29 is 18.4 Å². The molecular weight excluding hydrogens is 367 g/mol. The van der Waals surface area contributed by atoms with E-state index < -0.39 is 5.97 Å². The number of rotatable bonds is 5. The second-order valence-corrected chi connectivity index (χ2v) is 6.23. The number of esters is 1. The lowest BCUT2D eigenvalue weighted by Gasteiger charge is -2.05. The summed E-state index contributed by atoms with van der Waals surface area (Å²) in [6.45, 7) is -0.188. The van der Waals surface area contributed by atoms with Gasteiger partial charge in [0.05, 0.1) is 10.6 Å². The van der Waals surface area contributed by atoms with Crippen molar-refractivity contribution in [2.75, 3.05) is 6.26 Å². The van der Waals surface area contributed by atoms with E-state index in [0.29, 0.717) is 10.6 Å². The number of nitrogens with zero attached hydrogens (tertiary/aromatic N) is 2. The number of carbonyl (C=O) groups is 1. The number of hydrogen-bond donors (Lipinski definition) is 0. The zero-order chi connectivity index (χ0) is 17.8. The second kappa shape index (κ2) is 7.67. The fraction of sp³-hybridized carbons (Fsp3) is 0.118. The summed E-state index contributed by atoms with van der Waals surface area (Å²) in [6, 6.07) is 10.8. The first-order valence-electron chi connectivity index (χ1n) is 7.16. The van der Waals surface area contributed by atoms with Crippen molar-refractivity contribution in [3.8, 4) is 11.4 Å². The highest BCUT2D eigenvalue weighted by molar-refractivity contribution is 7.98. The van der Waals surface area contributed by atoms with Crippen molar-refractivity contribution >= 4 is 29.3 Å². The Bertz CT molecular complexity index is 899. The third kappa shape index (κ3) is 4.18. The summed E-state index contributed by atoms with van der Waals surface area (Å²) < 4.78 is 23.1. The first-order valence-corrected chi connectivity index (χ1v) is 8.76. The van der Waals surface area contributed by atoms with Crippen molar-refractivity contribution in [2.45, 2.75) is 11.5 Å². The summed E-state index contributed by atoms with van der Waals surface area (Å²) in [6.07, 6.45) is 1.90. The van der Waals surface area contributed by atoms with Crippen LogP contribution in [0.15, 0.2) is 51.9 Å². The van der Waals surface area contributed by atoms with Crippen LogP contribution in [0.4, 0.5) is 4.39 Å². The lowest BCUT2D eigenvalue weighted by atomic mass is 10.2. The zero-order valence-corrected chi connectivity index (χ0v) is 14.6. The average molecular weight is 379 g/mol. The maximum atomic E-state index is 12.9. The highest BCUT2D eigenvalue weighted by atomic mass is 35.5. The number of halogens is 2. The molecule has 0 unspecified atom stereocenters. The van der Waals surface area contributed by atoms with E-state index in [4.69, 9.17) is 20.9 Å². The van der Waals surface area contributed by atoms with Crippen molar-refractivity contribution in [3.63, 3.8) is 0 Å². The normalized spacial score (nSPS) is 10.7. The van der Waals surface area contributed by atoms with Crippen molar-refractivity contribution in [3.05, 3.63) is 64.8 Å². The van der Waals surface area contributed by atoms with E-state index in [-0.39, 0.29) is 29.7 Å². The quantitative estimate of drug-likeness (QED) is 0.477. The summed E-state index contributed by atoms with van der Waals surface area (Å²) in [5.41, 5.74) is 0.866. The number of benzene rings is 2. The Balaban J connectivity index is 1.68. The van der Waals surface area contributed by atoms with Crippen LogP contribution < -0.4 is 0 Å². The van der Waals surface area contributed by atoms with Gasteiger partial charge in [0.25, 0.3) is 5.89 Å². The van der Waals surface area contributed by atoms with Gasteiger partial charge in [-0.25, -0.2) is 9.18 Å². The maximum absolute atomic E-state index is 12.9. The van der Waals surface area contributed by atoms with Crippen LogP contribution in [0.5, 0.6) is 0 Å². The third-order valence-corrected chi connectivity index (χ3v) is 4.35. The third-order valence-electron chi connectivity index (χ3n) is 3.29. The average Bonchev–Trinajstić information content (AvgIpc) is 3.09. The Morgan fingerprint density at radius 2 is 2.04 bits per heavy atom. The van der Waals surface area contributed by atoms with Crippen molar-refractivity contribution in [1.29, 1.82) is 0 Å². The molecule has 0 spiro atoms. The molecule has 0 amide bonds. The molecule has 0 N–H and O–H groups in total. The lowest BCUT2D eigenvalue weighted by molar-refractivity contribution is 0.0429. The van der Waals surface area contributed by atoms with Crippen molar-refractivity contribution in [2.24, 2.45) is 0 Å². The van der Waals surface area contributed by atoms with E-state index in [1.807, 2.05) is 12.3 Å². The molecule has 0 atom stereocenters. The summed E-state index contributed by atoms with van der Waals surface area (Å²) in [7, 11) is 0. The van der Waals surface area contributed by atoms with Crippen LogP contribution in [0, 0.1) is 5.82 Å². The van der Waals surface area contributed by atoms with E-state index in [1.54, 1.807) is 12.1 Å². The number of hydrogen-bond acceptors (Lipinski definition) is 6. The molecule has 0 aliphatic rings. The predicted octanol–water partition coefficient (Wildman–Crippen LogP) is 4.61. The van der Waals surface area contributed by atoms with E-state index in [9.17, 15) is 9.18 Å². The molecule has 128 valence electrons. The summed E-state index contributed by atoms with van der Waals surface area (Å²) >= 11 is 7.53. The fourth-order valence-corrected chi connectivity index (χ4v) is 2.66. The van der Waals surface area contributed by atoms with Gasteiger partial charge in [-0.05, 0) is 48.7 Å². The molecular formula is C17H12ClFN2O3S. The topological polar surface area (TPSA) is 65.2 Å². The summed E-state index contributed by atoms with van der Waals surface area (Å²) in [4.78, 5) is 17.2. The molecule has 25 heavy (non-hydrogen) atoms. The molecule has 0 saturated heterocycles. The highest BCUT2D eigenvalue weighted by Crippen LogP contribution is 2.24. The van der Waals surface area contributed by atoms with Gasteiger partial charge >= 0.3 is 5.97 Å². The number of aromatic nitrogens is 2. The van der Waals surface area contributed by atoms with Gasteiger partial charge in [0.2, 0.25) is 5.82 Å². The lowest BCUT2D eigenvalue weighted by Crippen LogP contribution is -2.06. The van der Waals surface area contributed by atoms with E-state index in [0.717, 1.165) is 4.90 Å². The minimum absolute atomic E-state index is 0.129. The Morgan fingerprint density at radius 1 is 1.28 bits per heavy atom. The van der Waals surface area contributed by atoms with Gasteiger partial charge in [-0.3, -0.25) is 0 Å². The maximum Gasteiger partial charge on any atom is 0.340 e. The van der Waals surface area contributed by atoms with Gasteiger partial charge < -0.3 is 9.26 Å². The molecule has 0 aliphatic heterocycles. The van der Waals surface area contributed by atoms with Gasteiger partial charge in [0, 0.05) is 10.5 Å². The summed E-state index contributed by atoms with van der Waals surface area (Å²) in [5.74, 6) is -0.522. The van der Waals surface area contributed by atoms with Crippen LogP contribution in [-0.4, -0.2) is 22.4 Å². The van der Waals surface area contributed by atoms with Gasteiger partial charge in [-0.1, -0.05) is 16.8 Å². The molecule has 0 aliphatic carbocycles. The molecule has 8 heteroatoms. The molecule has 2 aromatic carbocycles. The Hall–Kier alpha value is -2.38. The minimum Gasteiger partial charge on any atom is -0.452 e. The molecule has 1 heterocycles. The summed E-state index contributed by atoms with van der Waals surface area (Å²) in [5, 5.41) is 4.09. The number of carbonyl (C=O) groups excluding carboxylic acids is 1. The van der Waals surface area contributed by atoms with E-state index in [1.165, 1.54) is 36.0 Å². The van der Waals surface area contributed by atoms with Gasteiger partial charge in [-0.15, -0.1) is 11.8 Å². The number of thioether (sulfide) groups is 1. The molecule has 3 aromatic rings. The van der Waals surface area contributed by atoms with Crippen LogP contribution in [0.3, 0.4) is 0 Å². The Kier molecular flexibility index (Phi) is 5.35. The smallest absolute Gasteiger partial charge is 0.340 e. The molecule has 5 nitrogen and oxygen atoms in total. The van der Waals surface area contributed by atoms with Gasteiger partial charge in [0.15, 0.2) is 6.61 Å². The first kappa shape index (κ1) is 17.4. The van der Waals surface area contributed by atoms with Crippen LogP contribution in [-0.2, 0) is 11.3 Å². The predicted molar refractivity (Wildman–Crippen MR) is 92.0 cm³/mol. The molecule has 0 bridgehead atoms. The second-order valence-electron chi connectivity index (χ2n) is 4.94. The van der Waals surface area contributed by atoms with E-state index in [2.05, 4.69) is 10.1 Å². The van der Waals surface area contributed by atoms with Gasteiger partial charge in [-0.2, -0.15) is 4.98 Å². The zero-order valence-electron chi connectivity index (χ0n) is 13.0. The van der Waals surface area contributed by atoms with E-state index >= 15 is 0 Å². The van der Waals surface area contributed by atoms with Crippen LogP contribution in [0.1, 0.15) is 16.2 Å². The minimum atomic E-state index is -0.581. The van der Waals surface area contributed by atoms with Crippen LogP contribution in [0.25, 0.3) is 11.4 Å². The molecule has 0 fully saturated rings. The molecule has 0 radical (unpaired) electrons. The molecule has 1 aromatic heterocycles. The van der Waals surface area contributed by atoms with Crippen LogP contribution >= 0.6 is 23.4 Å². The molecule has 3 rings (SSSR count). The fourth-order valence-electron chi connectivity index (χ4n) is 2.02. The monoisotopic (exact) mass is 378 g/mol. The van der Waals surface area contributed by atoms with Crippen LogP contribution in [0.2, 0.25) is 5.02 Å². The molecule has 0 saturated carbocycles. The standard InChI is InChI=1S/C17H12ClFN2O3S/c1-25-12-6-7-14(18)13(8-12)17(22)23-9-15-20-16(21-24-15)10-2-4-11(19)5-3-10/h2-8H,9H2,1H3. The Labute approximate surface area is 152 Å². The number of ether oxygens (including phenoxy) is 1. The Morgan fingerprint density at radius 3 is 2.76 bits per heavy atom.